The lowest BCUT2D eigenvalue weighted by molar-refractivity contribution is 0.380. The van der Waals surface area contributed by atoms with E-state index in [9.17, 15) is 0 Å². The van der Waals surface area contributed by atoms with Crippen LogP contribution in [-0.4, -0.2) is 53.6 Å². The van der Waals surface area contributed by atoms with Crippen molar-refractivity contribution in [3.63, 3.8) is 0 Å². The predicted molar refractivity (Wildman–Crippen MR) is 98.3 cm³/mol. The Morgan fingerprint density at radius 1 is 1.52 bits per heavy atom. The summed E-state index contributed by atoms with van der Waals surface area (Å²) in [6, 6.07) is 3.89. The van der Waals surface area contributed by atoms with Crippen LogP contribution in [0.15, 0.2) is 23.3 Å². The largest absolute Gasteiger partial charge is 0.481 e. The maximum Gasteiger partial charge on any atom is 0.212 e. The number of nitrogens with one attached hydrogen (secondary N) is 1. The fraction of sp³-hybridized carbons (Fsp3) is 0.647. The SMILES string of the molecule is CCNC(=NCc1ccc(OC)nc1)N1CCSC(C(C)C)C1. The van der Waals surface area contributed by atoms with Crippen LogP contribution in [-0.2, 0) is 6.54 Å². The summed E-state index contributed by atoms with van der Waals surface area (Å²) in [5.41, 5.74) is 1.09. The van der Waals surface area contributed by atoms with Crippen molar-refractivity contribution in [2.24, 2.45) is 10.9 Å². The highest BCUT2D eigenvalue weighted by Gasteiger charge is 2.24. The van der Waals surface area contributed by atoms with Crippen molar-refractivity contribution in [3.05, 3.63) is 23.9 Å². The van der Waals surface area contributed by atoms with Gasteiger partial charge in [0.05, 0.1) is 13.7 Å². The number of thioether (sulfide) groups is 1. The van der Waals surface area contributed by atoms with E-state index in [1.54, 1.807) is 7.11 Å². The second-order valence-corrected chi connectivity index (χ2v) is 7.33. The lowest BCUT2D eigenvalue weighted by Crippen LogP contribution is -2.49. The first-order valence-corrected chi connectivity index (χ1v) is 9.32. The molecule has 1 aliphatic heterocycles. The van der Waals surface area contributed by atoms with E-state index < -0.39 is 0 Å². The Kier molecular flexibility index (Phi) is 7.02. The fourth-order valence-corrected chi connectivity index (χ4v) is 3.79. The van der Waals surface area contributed by atoms with Crippen LogP contribution >= 0.6 is 11.8 Å². The number of methoxy groups -OCH3 is 1. The Labute approximate surface area is 143 Å². The summed E-state index contributed by atoms with van der Waals surface area (Å²) in [6.07, 6.45) is 1.83. The summed E-state index contributed by atoms with van der Waals surface area (Å²) in [5.74, 6) is 3.50. The van der Waals surface area contributed by atoms with E-state index in [0.717, 1.165) is 36.9 Å². The normalized spacial score (nSPS) is 19.1. The lowest BCUT2D eigenvalue weighted by atomic mass is 10.1. The van der Waals surface area contributed by atoms with Crippen molar-refractivity contribution >= 4 is 17.7 Å². The lowest BCUT2D eigenvalue weighted by Gasteiger charge is -2.36. The zero-order valence-electron chi connectivity index (χ0n) is 14.6. The molecule has 5 nitrogen and oxygen atoms in total. The smallest absolute Gasteiger partial charge is 0.212 e. The van der Waals surface area contributed by atoms with Crippen molar-refractivity contribution in [2.45, 2.75) is 32.6 Å². The molecule has 0 saturated carbocycles. The molecule has 1 atom stereocenters. The van der Waals surface area contributed by atoms with Gasteiger partial charge in [-0.3, -0.25) is 0 Å². The molecule has 23 heavy (non-hydrogen) atoms. The standard InChI is InChI=1S/C17H28N4OS/c1-5-18-17(21-8-9-23-15(12-21)13(2)3)20-11-14-6-7-16(22-4)19-10-14/h6-7,10,13,15H,5,8-9,11-12H2,1-4H3,(H,18,20). The van der Waals surface area contributed by atoms with E-state index in [-0.39, 0.29) is 0 Å². The molecule has 0 spiro atoms. The van der Waals surface area contributed by atoms with Crippen LogP contribution in [0.2, 0.25) is 0 Å². The quantitative estimate of drug-likeness (QED) is 0.662. The van der Waals surface area contributed by atoms with Crippen LogP contribution in [0, 0.1) is 5.92 Å². The number of aromatic nitrogens is 1. The molecule has 0 aliphatic carbocycles. The first kappa shape index (κ1) is 17.9. The van der Waals surface area contributed by atoms with E-state index in [1.165, 1.54) is 0 Å². The van der Waals surface area contributed by atoms with E-state index in [2.05, 4.69) is 47.7 Å². The molecule has 0 radical (unpaired) electrons. The molecular formula is C17H28N4OS. The van der Waals surface area contributed by atoms with E-state index in [1.807, 2.05) is 18.3 Å². The number of nitrogens with zero attached hydrogens (tertiary/aromatic N) is 3. The third-order valence-electron chi connectivity index (χ3n) is 3.89. The van der Waals surface area contributed by atoms with Gasteiger partial charge in [0.25, 0.3) is 0 Å². The molecule has 1 saturated heterocycles. The molecule has 0 amide bonds. The highest BCUT2D eigenvalue weighted by molar-refractivity contribution is 8.00. The maximum atomic E-state index is 5.09. The number of hydrogen-bond acceptors (Lipinski definition) is 4. The van der Waals surface area contributed by atoms with E-state index >= 15 is 0 Å². The maximum absolute atomic E-state index is 5.09. The topological polar surface area (TPSA) is 49.8 Å². The van der Waals surface area contributed by atoms with Gasteiger partial charge < -0.3 is 15.0 Å². The van der Waals surface area contributed by atoms with Gasteiger partial charge in [0.2, 0.25) is 5.88 Å². The number of hydrogen-bond donors (Lipinski definition) is 1. The second-order valence-electron chi connectivity index (χ2n) is 5.98. The van der Waals surface area contributed by atoms with Crippen LogP contribution in [0.3, 0.4) is 0 Å². The fourth-order valence-electron chi connectivity index (χ4n) is 2.49. The van der Waals surface area contributed by atoms with Crippen LogP contribution in [0.4, 0.5) is 0 Å². The molecule has 1 unspecified atom stereocenters. The molecule has 128 valence electrons. The summed E-state index contributed by atoms with van der Waals surface area (Å²) in [6.45, 7) is 10.4. The minimum absolute atomic E-state index is 0.634. The monoisotopic (exact) mass is 336 g/mol. The average Bonchev–Trinajstić information content (AvgIpc) is 2.59. The van der Waals surface area contributed by atoms with Gasteiger partial charge >= 0.3 is 0 Å². The Bertz CT molecular complexity index is 504. The highest BCUT2D eigenvalue weighted by Crippen LogP contribution is 2.25. The molecule has 1 aliphatic rings. The molecule has 0 aromatic carbocycles. The summed E-state index contributed by atoms with van der Waals surface area (Å²) >= 11 is 2.08. The zero-order valence-corrected chi connectivity index (χ0v) is 15.4. The minimum atomic E-state index is 0.634. The number of guanidine groups is 1. The molecular weight excluding hydrogens is 308 g/mol. The van der Waals surface area contributed by atoms with Crippen molar-refractivity contribution in [1.29, 1.82) is 0 Å². The molecule has 1 N–H and O–H groups in total. The second kappa shape index (κ2) is 9.01. The molecule has 2 rings (SSSR count). The number of aliphatic imine (C=N–C) groups is 1. The average molecular weight is 337 g/mol. The van der Waals surface area contributed by atoms with Crippen molar-refractivity contribution in [3.8, 4) is 5.88 Å². The van der Waals surface area contributed by atoms with Gasteiger partial charge in [-0.2, -0.15) is 11.8 Å². The van der Waals surface area contributed by atoms with Crippen molar-refractivity contribution in [2.75, 3.05) is 32.5 Å². The summed E-state index contributed by atoms with van der Waals surface area (Å²) in [7, 11) is 1.63. The first-order valence-electron chi connectivity index (χ1n) is 8.27. The highest BCUT2D eigenvalue weighted by atomic mass is 32.2. The van der Waals surface area contributed by atoms with Gasteiger partial charge in [-0.05, 0) is 18.4 Å². The van der Waals surface area contributed by atoms with Crippen LogP contribution < -0.4 is 10.1 Å². The Hall–Kier alpha value is -1.43. The number of ether oxygens (including phenoxy) is 1. The third kappa shape index (κ3) is 5.30. The Morgan fingerprint density at radius 3 is 2.96 bits per heavy atom. The summed E-state index contributed by atoms with van der Waals surface area (Å²) in [5, 5.41) is 4.10. The molecule has 1 fully saturated rings. The minimum Gasteiger partial charge on any atom is -0.481 e. The Morgan fingerprint density at radius 2 is 2.35 bits per heavy atom. The van der Waals surface area contributed by atoms with E-state index in [0.29, 0.717) is 23.6 Å². The zero-order chi connectivity index (χ0) is 16.7. The number of rotatable bonds is 5. The van der Waals surface area contributed by atoms with Gasteiger partial charge in [-0.15, -0.1) is 0 Å². The van der Waals surface area contributed by atoms with Gasteiger partial charge in [-0.1, -0.05) is 19.9 Å². The third-order valence-corrected chi connectivity index (χ3v) is 5.43. The summed E-state index contributed by atoms with van der Waals surface area (Å²) in [4.78, 5) is 11.4. The molecule has 0 bridgehead atoms. The molecule has 1 aromatic heterocycles. The van der Waals surface area contributed by atoms with Gasteiger partial charge in [0, 0.05) is 42.9 Å². The van der Waals surface area contributed by atoms with Crippen LogP contribution in [0.5, 0.6) is 5.88 Å². The van der Waals surface area contributed by atoms with Crippen molar-refractivity contribution in [1.82, 2.24) is 15.2 Å². The molecule has 6 heteroatoms. The molecule has 2 heterocycles. The van der Waals surface area contributed by atoms with Gasteiger partial charge in [0.1, 0.15) is 0 Å². The Balaban J connectivity index is 2.03. The number of pyridine rings is 1. The van der Waals surface area contributed by atoms with Gasteiger partial charge in [0.15, 0.2) is 5.96 Å². The van der Waals surface area contributed by atoms with Crippen LogP contribution in [0.1, 0.15) is 26.3 Å². The molecule has 1 aromatic rings. The van der Waals surface area contributed by atoms with Gasteiger partial charge in [-0.25, -0.2) is 9.98 Å². The predicted octanol–water partition coefficient (Wildman–Crippen LogP) is 2.63. The van der Waals surface area contributed by atoms with E-state index in [4.69, 9.17) is 9.73 Å². The summed E-state index contributed by atoms with van der Waals surface area (Å²) < 4.78 is 5.09. The van der Waals surface area contributed by atoms with Crippen LogP contribution in [0.25, 0.3) is 0 Å². The first-order chi connectivity index (χ1) is 11.1. The van der Waals surface area contributed by atoms with Crippen molar-refractivity contribution < 1.29 is 4.74 Å².